The Labute approximate surface area is 153 Å². The van der Waals surface area contributed by atoms with Crippen molar-refractivity contribution in [1.29, 1.82) is 0 Å². The zero-order chi connectivity index (χ0) is 18.7. The first-order chi connectivity index (χ1) is 12.5. The summed E-state index contributed by atoms with van der Waals surface area (Å²) in [6, 6.07) is 8.04. The molecule has 0 unspecified atom stereocenters. The predicted molar refractivity (Wildman–Crippen MR) is 99.2 cm³/mol. The Morgan fingerprint density at radius 2 is 1.73 bits per heavy atom. The third-order valence-corrected chi connectivity index (χ3v) is 4.57. The van der Waals surface area contributed by atoms with Gasteiger partial charge in [-0.25, -0.2) is 0 Å². The van der Waals surface area contributed by atoms with E-state index in [1.807, 2.05) is 36.9 Å². The molecule has 0 spiro atoms. The minimum absolute atomic E-state index is 0.0868. The fourth-order valence-corrected chi connectivity index (χ4v) is 3.03. The number of aromatic nitrogens is 2. The molecule has 0 bridgehead atoms. The lowest BCUT2D eigenvalue weighted by Gasteiger charge is -2.35. The molecule has 2 heterocycles. The molecule has 1 aromatic carbocycles. The fourth-order valence-electron chi connectivity index (χ4n) is 3.03. The summed E-state index contributed by atoms with van der Waals surface area (Å²) in [5.74, 6) is 1.29. The van der Waals surface area contributed by atoms with Crippen LogP contribution in [0.3, 0.4) is 0 Å². The lowest BCUT2D eigenvalue weighted by atomic mass is 10.0. The minimum atomic E-state index is 0.0868. The van der Waals surface area contributed by atoms with Gasteiger partial charge < -0.3 is 19.3 Å². The van der Waals surface area contributed by atoms with Crippen LogP contribution in [0.2, 0.25) is 0 Å². The largest absolute Gasteiger partial charge is 0.481 e. The van der Waals surface area contributed by atoms with Crippen molar-refractivity contribution in [3.8, 4) is 11.9 Å². The van der Waals surface area contributed by atoms with E-state index in [1.165, 1.54) is 7.11 Å². The summed E-state index contributed by atoms with van der Waals surface area (Å²) in [6.45, 7) is 6.65. The Balaban J connectivity index is 1.71. The average Bonchev–Trinajstić information content (AvgIpc) is 2.69. The molecule has 1 aromatic heterocycles. The smallest absolute Gasteiger partial charge is 0.321 e. The molecule has 1 aliphatic heterocycles. The summed E-state index contributed by atoms with van der Waals surface area (Å²) < 4.78 is 10.3. The lowest BCUT2D eigenvalue weighted by molar-refractivity contribution is 0.0745. The number of anilines is 1. The van der Waals surface area contributed by atoms with E-state index < -0.39 is 0 Å². The van der Waals surface area contributed by atoms with Crippen LogP contribution in [-0.4, -0.2) is 61.2 Å². The van der Waals surface area contributed by atoms with Crippen molar-refractivity contribution in [2.75, 3.05) is 45.3 Å². The third-order valence-electron chi connectivity index (χ3n) is 4.57. The lowest BCUT2D eigenvalue weighted by Crippen LogP contribution is -2.49. The van der Waals surface area contributed by atoms with Crippen LogP contribution in [-0.2, 0) is 0 Å². The number of carbonyl (C=O) groups is 1. The van der Waals surface area contributed by atoms with Gasteiger partial charge in [-0.3, -0.25) is 4.79 Å². The van der Waals surface area contributed by atoms with E-state index in [-0.39, 0.29) is 11.9 Å². The molecule has 26 heavy (non-hydrogen) atoms. The summed E-state index contributed by atoms with van der Waals surface area (Å²) in [5, 5.41) is 0. The molecule has 1 aliphatic rings. The molecule has 0 aliphatic carbocycles. The summed E-state index contributed by atoms with van der Waals surface area (Å²) >= 11 is 0. The molecule has 3 rings (SSSR count). The number of amides is 1. The molecule has 138 valence electrons. The molecule has 2 aromatic rings. The highest BCUT2D eigenvalue weighted by Crippen LogP contribution is 2.22. The molecule has 1 amide bonds. The second-order valence-corrected chi connectivity index (χ2v) is 6.35. The van der Waals surface area contributed by atoms with Gasteiger partial charge in [0.25, 0.3) is 5.91 Å². The zero-order valence-electron chi connectivity index (χ0n) is 15.7. The van der Waals surface area contributed by atoms with E-state index in [1.54, 1.807) is 13.2 Å². The molecular formula is C19H24N4O3. The number of aryl methyl sites for hydroxylation is 2. The van der Waals surface area contributed by atoms with Gasteiger partial charge in [-0.15, -0.1) is 0 Å². The van der Waals surface area contributed by atoms with Crippen LogP contribution in [0.4, 0.5) is 5.82 Å². The number of benzene rings is 1. The first-order valence-corrected chi connectivity index (χ1v) is 8.60. The number of hydrogen-bond donors (Lipinski definition) is 0. The summed E-state index contributed by atoms with van der Waals surface area (Å²) in [6.07, 6.45) is 0. The van der Waals surface area contributed by atoms with Crippen molar-refractivity contribution in [2.45, 2.75) is 13.8 Å². The molecule has 1 fully saturated rings. The van der Waals surface area contributed by atoms with Gasteiger partial charge in [-0.2, -0.15) is 9.97 Å². The van der Waals surface area contributed by atoms with E-state index in [4.69, 9.17) is 9.47 Å². The van der Waals surface area contributed by atoms with Crippen molar-refractivity contribution in [3.05, 3.63) is 41.0 Å². The number of carbonyl (C=O) groups excluding carboxylic acids is 1. The number of rotatable bonds is 4. The maximum Gasteiger partial charge on any atom is 0.321 e. The van der Waals surface area contributed by atoms with Crippen molar-refractivity contribution in [2.24, 2.45) is 0 Å². The molecular weight excluding hydrogens is 332 g/mol. The molecule has 0 radical (unpaired) electrons. The normalized spacial score (nSPS) is 14.3. The van der Waals surface area contributed by atoms with E-state index in [2.05, 4.69) is 14.9 Å². The SMILES string of the molecule is COc1cc(N2CCN(C(=O)c3cc(C)ccc3C)CC2)nc(OC)n1. The van der Waals surface area contributed by atoms with Gasteiger partial charge in [0.15, 0.2) is 0 Å². The second-order valence-electron chi connectivity index (χ2n) is 6.35. The van der Waals surface area contributed by atoms with Crippen molar-refractivity contribution in [3.63, 3.8) is 0 Å². The van der Waals surface area contributed by atoms with Gasteiger partial charge in [-0.05, 0) is 25.5 Å². The highest BCUT2D eigenvalue weighted by Gasteiger charge is 2.24. The zero-order valence-corrected chi connectivity index (χ0v) is 15.7. The maximum atomic E-state index is 12.9. The van der Waals surface area contributed by atoms with E-state index in [9.17, 15) is 4.79 Å². The van der Waals surface area contributed by atoms with Crippen LogP contribution in [0.15, 0.2) is 24.3 Å². The van der Waals surface area contributed by atoms with Crippen LogP contribution in [0.1, 0.15) is 21.5 Å². The molecule has 7 heteroatoms. The van der Waals surface area contributed by atoms with Crippen LogP contribution in [0.5, 0.6) is 11.9 Å². The fraction of sp³-hybridized carbons (Fsp3) is 0.421. The minimum Gasteiger partial charge on any atom is -0.481 e. The highest BCUT2D eigenvalue weighted by molar-refractivity contribution is 5.96. The number of hydrogen-bond acceptors (Lipinski definition) is 6. The molecule has 7 nitrogen and oxygen atoms in total. The third kappa shape index (κ3) is 3.71. The molecule has 1 saturated heterocycles. The average molecular weight is 356 g/mol. The van der Waals surface area contributed by atoms with Crippen molar-refractivity contribution in [1.82, 2.24) is 14.9 Å². The Morgan fingerprint density at radius 3 is 2.38 bits per heavy atom. The quantitative estimate of drug-likeness (QED) is 0.835. The topological polar surface area (TPSA) is 67.8 Å². The molecule has 0 atom stereocenters. The molecule has 0 N–H and O–H groups in total. The first kappa shape index (κ1) is 18.0. The maximum absolute atomic E-state index is 12.9. The number of nitrogens with zero attached hydrogens (tertiary/aromatic N) is 4. The van der Waals surface area contributed by atoms with Gasteiger partial charge in [0.05, 0.1) is 14.2 Å². The van der Waals surface area contributed by atoms with Crippen molar-refractivity contribution >= 4 is 11.7 Å². The van der Waals surface area contributed by atoms with E-state index in [0.29, 0.717) is 32.1 Å². The van der Waals surface area contributed by atoms with Crippen LogP contribution < -0.4 is 14.4 Å². The monoisotopic (exact) mass is 356 g/mol. The van der Waals surface area contributed by atoms with E-state index >= 15 is 0 Å². The van der Waals surface area contributed by atoms with Crippen molar-refractivity contribution < 1.29 is 14.3 Å². The Bertz CT molecular complexity index is 779. The Hall–Kier alpha value is -2.83. The van der Waals surface area contributed by atoms with Gasteiger partial charge in [-0.1, -0.05) is 17.7 Å². The summed E-state index contributed by atoms with van der Waals surface area (Å²) in [7, 11) is 3.09. The van der Waals surface area contributed by atoms with Crippen LogP contribution in [0.25, 0.3) is 0 Å². The number of methoxy groups -OCH3 is 2. The van der Waals surface area contributed by atoms with Gasteiger partial charge >= 0.3 is 6.01 Å². The predicted octanol–water partition coefficient (Wildman–Crippen LogP) is 2.07. The molecule has 0 saturated carbocycles. The van der Waals surface area contributed by atoms with E-state index in [0.717, 1.165) is 22.5 Å². The van der Waals surface area contributed by atoms with Gasteiger partial charge in [0.2, 0.25) is 5.88 Å². The van der Waals surface area contributed by atoms with Crippen LogP contribution in [0, 0.1) is 13.8 Å². The number of ether oxygens (including phenoxy) is 2. The van der Waals surface area contributed by atoms with Gasteiger partial charge in [0.1, 0.15) is 5.82 Å². The standard InChI is InChI=1S/C19H24N4O3/c1-13-5-6-14(2)15(11-13)18(24)23-9-7-22(8-10-23)16-12-17(25-3)21-19(20-16)26-4/h5-6,11-12H,7-10H2,1-4H3. The number of piperazine rings is 1. The second kappa shape index (κ2) is 7.59. The Morgan fingerprint density at radius 1 is 1.00 bits per heavy atom. The van der Waals surface area contributed by atoms with Gasteiger partial charge in [0, 0.05) is 37.8 Å². The Kier molecular flexibility index (Phi) is 5.25. The highest BCUT2D eigenvalue weighted by atomic mass is 16.5. The first-order valence-electron chi connectivity index (χ1n) is 8.60. The summed E-state index contributed by atoms with van der Waals surface area (Å²) in [4.78, 5) is 25.4. The summed E-state index contributed by atoms with van der Waals surface area (Å²) in [5.41, 5.74) is 2.88. The van der Waals surface area contributed by atoms with Crippen LogP contribution >= 0.6 is 0 Å².